The Hall–Kier alpha value is -1.94. The van der Waals surface area contributed by atoms with Crippen LogP contribution in [0.2, 0.25) is 0 Å². The van der Waals surface area contributed by atoms with Crippen molar-refractivity contribution in [2.75, 3.05) is 39.6 Å². The molecule has 0 aromatic rings. The monoisotopic (exact) mass is 1580 g/mol. The highest BCUT2D eigenvalue weighted by Crippen LogP contribution is 2.45. The molecule has 642 valence electrons. The zero-order chi connectivity index (χ0) is 79.0. The van der Waals surface area contributed by atoms with Gasteiger partial charge in [0.05, 0.1) is 26.4 Å². The summed E-state index contributed by atoms with van der Waals surface area (Å²) in [6.07, 6.45) is 76.6. The van der Waals surface area contributed by atoms with Crippen LogP contribution in [0, 0.1) is 5.92 Å². The van der Waals surface area contributed by atoms with E-state index < -0.39 is 97.5 Å². The first-order valence-electron chi connectivity index (χ1n) is 46.2. The molecule has 0 aliphatic heterocycles. The van der Waals surface area contributed by atoms with Crippen molar-refractivity contribution < 1.29 is 80.2 Å². The molecule has 0 heterocycles. The summed E-state index contributed by atoms with van der Waals surface area (Å²) in [5, 5.41) is 10.7. The average molecular weight is 1580 g/mol. The van der Waals surface area contributed by atoms with E-state index in [2.05, 4.69) is 34.6 Å². The van der Waals surface area contributed by atoms with Gasteiger partial charge in [0.25, 0.3) is 0 Å². The van der Waals surface area contributed by atoms with Crippen molar-refractivity contribution in [3.05, 3.63) is 0 Å². The fraction of sp³-hybridized carbons (Fsp3) is 0.955. The van der Waals surface area contributed by atoms with E-state index in [1.807, 2.05) is 0 Å². The van der Waals surface area contributed by atoms with Crippen LogP contribution in [0.1, 0.15) is 484 Å². The van der Waals surface area contributed by atoms with Gasteiger partial charge in [0.15, 0.2) is 12.2 Å². The van der Waals surface area contributed by atoms with Crippen molar-refractivity contribution in [2.24, 2.45) is 5.92 Å². The van der Waals surface area contributed by atoms with Crippen LogP contribution in [0.25, 0.3) is 0 Å². The highest BCUT2D eigenvalue weighted by atomic mass is 31.2. The van der Waals surface area contributed by atoms with Crippen LogP contribution in [-0.2, 0) is 65.4 Å². The zero-order valence-electron chi connectivity index (χ0n) is 71.0. The minimum Gasteiger partial charge on any atom is -0.462 e. The summed E-state index contributed by atoms with van der Waals surface area (Å²) in [6.45, 7) is 7.34. The van der Waals surface area contributed by atoms with Crippen LogP contribution in [0.5, 0.6) is 0 Å². The molecule has 0 saturated heterocycles. The Balaban J connectivity index is 5.22. The maximum absolute atomic E-state index is 13.2. The third-order valence-corrected chi connectivity index (χ3v) is 23.3. The molecule has 0 aliphatic carbocycles. The molecule has 0 fully saturated rings. The summed E-state index contributed by atoms with van der Waals surface area (Å²) < 4.78 is 69.0. The molecule has 0 spiro atoms. The van der Waals surface area contributed by atoms with Crippen molar-refractivity contribution in [1.82, 2.24) is 0 Å². The number of esters is 4. The molecule has 0 rings (SSSR count). The standard InChI is InChI=1S/C89H174O17P2/c1-6-10-13-16-19-22-25-28-31-34-37-40-43-46-49-52-55-58-64-69-74-88(93)105-84(78-99-86(91)72-67-62-56-53-50-47-44-41-38-35-32-29-26-23-20-17-14-11-7-2)80-103-107(95,96)101-76-83(90)77-102-108(97,98)104-81-85(79-100-87(92)73-68-63-60-59-61-66-71-82(5)9-4)106-89(94)75-70-65-57-54-51-48-45-42-39-36-33-30-27-24-21-18-15-12-8-3/h82-85,90H,6-81H2,1-5H3,(H,95,96)(H,97,98)/t82?,83-,84-,85-/m1/s1. The van der Waals surface area contributed by atoms with E-state index in [1.54, 1.807) is 0 Å². The maximum atomic E-state index is 13.2. The SMILES string of the molecule is CCCCCCCCCCCCCCCCCCCCCCC(=O)O[C@H](COC(=O)CCCCCCCCCCCCCCCCCCCCC)COP(=O)(O)OC[C@@H](O)COP(=O)(O)OC[C@@H](COC(=O)CCCCCCCCC(C)CC)OC(=O)CCCCCCCCCCCCCCCCCCCCC. The first-order chi connectivity index (χ1) is 52.6. The molecular formula is C89H174O17P2. The van der Waals surface area contributed by atoms with Crippen LogP contribution in [0.15, 0.2) is 0 Å². The van der Waals surface area contributed by atoms with Gasteiger partial charge in [0.2, 0.25) is 0 Å². The fourth-order valence-electron chi connectivity index (χ4n) is 14.0. The van der Waals surface area contributed by atoms with Crippen molar-refractivity contribution in [2.45, 2.75) is 502 Å². The van der Waals surface area contributed by atoms with Gasteiger partial charge in [0, 0.05) is 25.7 Å². The normalized spacial score (nSPS) is 14.0. The smallest absolute Gasteiger partial charge is 0.462 e. The van der Waals surface area contributed by atoms with E-state index in [0.717, 1.165) is 102 Å². The first kappa shape index (κ1) is 106. The molecule has 19 heteroatoms. The molecular weight excluding hydrogens is 1400 g/mol. The molecule has 0 saturated carbocycles. The van der Waals surface area contributed by atoms with Crippen molar-refractivity contribution in [3.63, 3.8) is 0 Å². The van der Waals surface area contributed by atoms with Gasteiger partial charge in [-0.1, -0.05) is 433 Å². The number of phosphoric acid groups is 2. The number of carbonyl (C=O) groups is 4. The van der Waals surface area contributed by atoms with E-state index >= 15 is 0 Å². The maximum Gasteiger partial charge on any atom is 0.472 e. The lowest BCUT2D eigenvalue weighted by Crippen LogP contribution is -2.30. The number of rotatable bonds is 89. The first-order valence-corrected chi connectivity index (χ1v) is 49.2. The zero-order valence-corrected chi connectivity index (χ0v) is 72.8. The molecule has 0 amide bonds. The lowest BCUT2D eigenvalue weighted by molar-refractivity contribution is -0.161. The molecule has 0 bridgehead atoms. The van der Waals surface area contributed by atoms with Crippen molar-refractivity contribution in [1.29, 1.82) is 0 Å². The second-order valence-corrected chi connectivity index (χ2v) is 35.1. The quantitative estimate of drug-likeness (QED) is 0.0222. The Morgan fingerprint density at radius 3 is 0.657 bits per heavy atom. The Labute approximate surface area is 664 Å². The van der Waals surface area contributed by atoms with E-state index in [4.69, 9.17) is 37.0 Å². The van der Waals surface area contributed by atoms with Gasteiger partial charge in [-0.3, -0.25) is 37.3 Å². The number of carbonyl (C=O) groups excluding carboxylic acids is 4. The predicted octanol–water partition coefficient (Wildman–Crippen LogP) is 27.5. The Bertz CT molecular complexity index is 2050. The Morgan fingerprint density at radius 1 is 0.259 bits per heavy atom. The summed E-state index contributed by atoms with van der Waals surface area (Å²) in [5.41, 5.74) is 0. The number of unbranched alkanes of at least 4 members (excludes halogenated alkanes) is 60. The van der Waals surface area contributed by atoms with E-state index in [-0.39, 0.29) is 25.7 Å². The molecule has 108 heavy (non-hydrogen) atoms. The van der Waals surface area contributed by atoms with Gasteiger partial charge in [-0.05, 0) is 31.6 Å². The van der Waals surface area contributed by atoms with Gasteiger partial charge in [-0.15, -0.1) is 0 Å². The molecule has 6 atom stereocenters. The number of hydrogen-bond donors (Lipinski definition) is 3. The lowest BCUT2D eigenvalue weighted by atomic mass is 10.00. The van der Waals surface area contributed by atoms with Crippen molar-refractivity contribution >= 4 is 39.5 Å². The van der Waals surface area contributed by atoms with Gasteiger partial charge >= 0.3 is 39.5 Å². The summed E-state index contributed by atoms with van der Waals surface area (Å²) in [6, 6.07) is 0. The molecule has 0 aromatic heterocycles. The summed E-state index contributed by atoms with van der Waals surface area (Å²) in [7, 11) is -9.93. The van der Waals surface area contributed by atoms with E-state index in [9.17, 15) is 43.2 Å². The Morgan fingerprint density at radius 2 is 0.444 bits per heavy atom. The molecule has 0 aromatic carbocycles. The second kappa shape index (κ2) is 81.6. The van der Waals surface area contributed by atoms with Crippen LogP contribution in [0.3, 0.4) is 0 Å². The fourth-order valence-corrected chi connectivity index (χ4v) is 15.5. The summed E-state index contributed by atoms with van der Waals surface area (Å²) >= 11 is 0. The van der Waals surface area contributed by atoms with Gasteiger partial charge < -0.3 is 33.8 Å². The molecule has 3 unspecified atom stereocenters. The van der Waals surface area contributed by atoms with Gasteiger partial charge in [0.1, 0.15) is 19.3 Å². The Kier molecular flexibility index (Phi) is 80.2. The number of hydrogen-bond acceptors (Lipinski definition) is 15. The van der Waals surface area contributed by atoms with E-state index in [0.29, 0.717) is 25.7 Å². The van der Waals surface area contributed by atoms with Crippen LogP contribution in [-0.4, -0.2) is 96.7 Å². The van der Waals surface area contributed by atoms with Gasteiger partial charge in [-0.2, -0.15) is 0 Å². The molecule has 17 nitrogen and oxygen atoms in total. The second-order valence-electron chi connectivity index (χ2n) is 32.2. The van der Waals surface area contributed by atoms with Gasteiger partial charge in [-0.25, -0.2) is 9.13 Å². The van der Waals surface area contributed by atoms with Crippen LogP contribution >= 0.6 is 15.6 Å². The summed E-state index contributed by atoms with van der Waals surface area (Å²) in [5.74, 6) is -1.37. The van der Waals surface area contributed by atoms with Crippen LogP contribution in [0.4, 0.5) is 0 Å². The minimum atomic E-state index is -4.97. The third kappa shape index (κ3) is 80.7. The largest absolute Gasteiger partial charge is 0.472 e. The number of aliphatic hydroxyl groups excluding tert-OH is 1. The highest BCUT2D eigenvalue weighted by molar-refractivity contribution is 7.47. The lowest BCUT2D eigenvalue weighted by Gasteiger charge is -2.21. The number of phosphoric ester groups is 2. The van der Waals surface area contributed by atoms with E-state index in [1.165, 1.54) is 302 Å². The summed E-state index contributed by atoms with van der Waals surface area (Å²) in [4.78, 5) is 73.3. The topological polar surface area (TPSA) is 237 Å². The third-order valence-electron chi connectivity index (χ3n) is 21.4. The number of aliphatic hydroxyl groups is 1. The molecule has 0 radical (unpaired) electrons. The molecule has 3 N–H and O–H groups in total. The average Bonchev–Trinajstić information content (AvgIpc) is 0.899. The number of ether oxygens (including phenoxy) is 4. The predicted molar refractivity (Wildman–Crippen MR) is 446 cm³/mol. The van der Waals surface area contributed by atoms with Crippen molar-refractivity contribution in [3.8, 4) is 0 Å². The minimum absolute atomic E-state index is 0.108. The van der Waals surface area contributed by atoms with Crippen LogP contribution < -0.4 is 0 Å². The molecule has 0 aliphatic rings. The highest BCUT2D eigenvalue weighted by Gasteiger charge is 2.31.